The Morgan fingerprint density at radius 2 is 2.07 bits per heavy atom. The maximum Gasteiger partial charge on any atom is 0.238 e. The number of nitrogens with zero attached hydrogens (tertiary/aromatic N) is 3. The maximum atomic E-state index is 12.7. The highest BCUT2D eigenvalue weighted by Crippen LogP contribution is 2.24. The van der Waals surface area contributed by atoms with Gasteiger partial charge in [-0.1, -0.05) is 24.1 Å². The highest BCUT2D eigenvalue weighted by atomic mass is 16.2. The van der Waals surface area contributed by atoms with Crippen LogP contribution in [0.2, 0.25) is 0 Å². The molecule has 1 aromatic carbocycles. The van der Waals surface area contributed by atoms with Crippen LogP contribution in [0.25, 0.3) is 10.9 Å². The van der Waals surface area contributed by atoms with Crippen LogP contribution in [0, 0.1) is 23.7 Å². The molecule has 2 heterocycles. The number of fused-ring (bicyclic) bond motifs is 1. The third kappa shape index (κ3) is 4.10. The average Bonchev–Trinajstić information content (AvgIpc) is 3.09. The number of amides is 1. The van der Waals surface area contributed by atoms with Gasteiger partial charge in [-0.3, -0.25) is 9.78 Å². The summed E-state index contributed by atoms with van der Waals surface area (Å²) in [5.74, 6) is 2.52. The van der Waals surface area contributed by atoms with E-state index in [1.165, 1.54) is 5.56 Å². The first-order valence-electron chi connectivity index (χ1n) is 9.20. The molecule has 3 rings (SSSR count). The monoisotopic (exact) mass is 360 g/mol. The molecule has 1 amide bonds. The number of likely N-dealkylation sites (tertiary alicyclic amines) is 1. The summed E-state index contributed by atoms with van der Waals surface area (Å²) in [6, 6.07) is 11.6. The van der Waals surface area contributed by atoms with E-state index in [0.29, 0.717) is 12.8 Å². The van der Waals surface area contributed by atoms with Crippen molar-refractivity contribution >= 4 is 16.8 Å². The van der Waals surface area contributed by atoms with E-state index in [1.54, 1.807) is 4.90 Å². The van der Waals surface area contributed by atoms with Crippen LogP contribution < -0.4 is 5.32 Å². The predicted octanol–water partition coefficient (Wildman–Crippen LogP) is 2.66. The van der Waals surface area contributed by atoms with Gasteiger partial charge >= 0.3 is 0 Å². The number of carbonyl (C=O) groups excluding carboxylic acids is 1. The van der Waals surface area contributed by atoms with Gasteiger partial charge in [0, 0.05) is 17.1 Å². The standard InChI is InChI=1S/C22H24N4O/c1-4-17-9-10-18(14-23)26(17)21(27)15-25-22(2,3)13-16-11-12-24-20-8-6-5-7-19(16)20/h1,5-8,11-12,17-18,25H,9-10,13,15H2,2-3H3/t17-,18+/m1/s1. The lowest BCUT2D eigenvalue weighted by atomic mass is 9.93. The van der Waals surface area contributed by atoms with Crippen LogP contribution in [0.4, 0.5) is 0 Å². The molecule has 27 heavy (non-hydrogen) atoms. The van der Waals surface area contributed by atoms with Crippen LogP contribution in [-0.2, 0) is 11.2 Å². The second-order valence-electron chi connectivity index (χ2n) is 7.61. The van der Waals surface area contributed by atoms with Gasteiger partial charge in [0.2, 0.25) is 5.91 Å². The topological polar surface area (TPSA) is 69.0 Å². The zero-order valence-corrected chi connectivity index (χ0v) is 15.8. The van der Waals surface area contributed by atoms with Crippen LogP contribution in [0.5, 0.6) is 0 Å². The van der Waals surface area contributed by atoms with Gasteiger partial charge in [0.1, 0.15) is 6.04 Å². The van der Waals surface area contributed by atoms with Crippen molar-refractivity contribution in [1.82, 2.24) is 15.2 Å². The summed E-state index contributed by atoms with van der Waals surface area (Å²) < 4.78 is 0. The lowest BCUT2D eigenvalue weighted by Crippen LogP contribution is -2.50. The number of para-hydroxylation sites is 1. The fourth-order valence-corrected chi connectivity index (χ4v) is 3.70. The second kappa shape index (κ2) is 7.78. The number of rotatable bonds is 5. The van der Waals surface area contributed by atoms with Crippen molar-refractivity contribution < 1.29 is 4.79 Å². The molecule has 2 aromatic rings. The smallest absolute Gasteiger partial charge is 0.238 e. The summed E-state index contributed by atoms with van der Waals surface area (Å²) in [5, 5.41) is 13.8. The summed E-state index contributed by atoms with van der Waals surface area (Å²) in [6.07, 6.45) is 9.44. The largest absolute Gasteiger partial charge is 0.312 e. The SMILES string of the molecule is C#C[C@@H]1CC[C@@H](C#N)N1C(=O)CNC(C)(C)Cc1ccnc2ccccc12. The number of aromatic nitrogens is 1. The molecule has 1 fully saturated rings. The molecule has 5 heteroatoms. The number of hydrogen-bond donors (Lipinski definition) is 1. The molecule has 2 atom stereocenters. The molecule has 1 aromatic heterocycles. The number of pyridine rings is 1. The van der Waals surface area contributed by atoms with Crippen molar-refractivity contribution in [2.24, 2.45) is 0 Å². The third-order valence-corrected chi connectivity index (χ3v) is 5.10. The Bertz CT molecular complexity index is 895. The van der Waals surface area contributed by atoms with Crippen molar-refractivity contribution in [3.05, 3.63) is 42.1 Å². The minimum atomic E-state index is -0.424. The molecule has 1 aliphatic heterocycles. The first-order chi connectivity index (χ1) is 12.9. The fourth-order valence-electron chi connectivity index (χ4n) is 3.70. The van der Waals surface area contributed by atoms with Crippen LogP contribution in [0.15, 0.2) is 36.5 Å². The Morgan fingerprint density at radius 3 is 2.81 bits per heavy atom. The number of carbonyl (C=O) groups is 1. The first-order valence-corrected chi connectivity index (χ1v) is 9.20. The molecule has 0 aliphatic carbocycles. The van der Waals surface area contributed by atoms with E-state index in [-0.39, 0.29) is 24.0 Å². The summed E-state index contributed by atoms with van der Waals surface area (Å²) in [7, 11) is 0. The Hall–Kier alpha value is -2.89. The molecule has 0 saturated carbocycles. The summed E-state index contributed by atoms with van der Waals surface area (Å²) in [5.41, 5.74) is 1.85. The highest BCUT2D eigenvalue weighted by molar-refractivity contribution is 5.82. The van der Waals surface area contributed by atoms with Crippen molar-refractivity contribution in [2.75, 3.05) is 6.54 Å². The van der Waals surface area contributed by atoms with Crippen molar-refractivity contribution in [3.8, 4) is 18.4 Å². The highest BCUT2D eigenvalue weighted by Gasteiger charge is 2.36. The fraction of sp³-hybridized carbons (Fsp3) is 0.409. The number of nitrogens with one attached hydrogen (secondary N) is 1. The van der Waals surface area contributed by atoms with Gasteiger partial charge in [-0.25, -0.2) is 0 Å². The second-order valence-corrected chi connectivity index (χ2v) is 7.61. The zero-order valence-electron chi connectivity index (χ0n) is 15.8. The van der Waals surface area contributed by atoms with E-state index in [1.807, 2.05) is 30.5 Å². The molecule has 1 aliphatic rings. The molecule has 0 bridgehead atoms. The molecule has 0 unspecified atom stereocenters. The van der Waals surface area contributed by atoms with Gasteiger partial charge in [0.05, 0.1) is 24.2 Å². The van der Waals surface area contributed by atoms with E-state index in [2.05, 4.69) is 42.2 Å². The minimum Gasteiger partial charge on any atom is -0.312 e. The van der Waals surface area contributed by atoms with Crippen molar-refractivity contribution in [3.63, 3.8) is 0 Å². The molecule has 138 valence electrons. The van der Waals surface area contributed by atoms with E-state index in [0.717, 1.165) is 17.3 Å². The number of terminal acetylenes is 1. The Balaban J connectivity index is 1.69. The van der Waals surface area contributed by atoms with E-state index in [9.17, 15) is 10.1 Å². The maximum absolute atomic E-state index is 12.7. The van der Waals surface area contributed by atoms with Crippen LogP contribution in [0.3, 0.4) is 0 Å². The first kappa shape index (κ1) is 18.9. The summed E-state index contributed by atoms with van der Waals surface area (Å²) in [4.78, 5) is 18.7. The van der Waals surface area contributed by atoms with Crippen molar-refractivity contribution in [2.45, 2.75) is 50.7 Å². The van der Waals surface area contributed by atoms with Gasteiger partial charge in [0.15, 0.2) is 0 Å². The van der Waals surface area contributed by atoms with Gasteiger partial charge in [-0.05, 0) is 50.8 Å². The molecule has 0 spiro atoms. The predicted molar refractivity (Wildman–Crippen MR) is 106 cm³/mol. The zero-order chi connectivity index (χ0) is 19.4. The summed E-state index contributed by atoms with van der Waals surface area (Å²) in [6.45, 7) is 4.30. The molecule has 1 saturated heterocycles. The summed E-state index contributed by atoms with van der Waals surface area (Å²) >= 11 is 0. The Morgan fingerprint density at radius 1 is 1.33 bits per heavy atom. The van der Waals surface area contributed by atoms with Gasteiger partial charge in [-0.15, -0.1) is 6.42 Å². The van der Waals surface area contributed by atoms with Gasteiger partial charge in [0.25, 0.3) is 0 Å². The molecule has 0 radical (unpaired) electrons. The molecule has 5 nitrogen and oxygen atoms in total. The number of nitriles is 1. The third-order valence-electron chi connectivity index (χ3n) is 5.10. The van der Waals surface area contributed by atoms with Gasteiger partial charge in [-0.2, -0.15) is 5.26 Å². The minimum absolute atomic E-state index is 0.116. The Kier molecular flexibility index (Phi) is 5.44. The van der Waals surface area contributed by atoms with Crippen molar-refractivity contribution in [1.29, 1.82) is 5.26 Å². The van der Waals surface area contributed by atoms with Crippen LogP contribution in [0.1, 0.15) is 32.3 Å². The van der Waals surface area contributed by atoms with Crippen LogP contribution in [-0.4, -0.2) is 40.0 Å². The van der Waals surface area contributed by atoms with E-state index < -0.39 is 6.04 Å². The molecular weight excluding hydrogens is 336 g/mol. The normalized spacial score (nSPS) is 19.6. The van der Waals surface area contributed by atoms with E-state index >= 15 is 0 Å². The lowest BCUT2D eigenvalue weighted by Gasteiger charge is -2.30. The van der Waals surface area contributed by atoms with E-state index in [4.69, 9.17) is 6.42 Å². The lowest BCUT2D eigenvalue weighted by molar-refractivity contribution is -0.131. The average molecular weight is 360 g/mol. The Labute approximate surface area is 160 Å². The molecular formula is C22H24N4O. The van der Waals surface area contributed by atoms with Crippen LogP contribution >= 0.6 is 0 Å². The number of benzene rings is 1. The number of hydrogen-bond acceptors (Lipinski definition) is 4. The van der Waals surface area contributed by atoms with Gasteiger partial charge < -0.3 is 10.2 Å². The molecule has 1 N–H and O–H groups in total. The quantitative estimate of drug-likeness (QED) is 0.833.